The number of nitrogens with one attached hydrogen (secondary N) is 4. The summed E-state index contributed by atoms with van der Waals surface area (Å²) >= 11 is 0. The number of aromatic nitrogens is 4. The molecule has 4 N–H and O–H groups in total. The topological polar surface area (TPSA) is 109 Å². The fraction of sp³-hybridized carbons (Fsp3) is 0.333. The Morgan fingerprint density at radius 1 is 0.976 bits per heavy atom. The molecule has 0 aliphatic heterocycles. The fourth-order valence-electron chi connectivity index (χ4n) is 4.36. The van der Waals surface area contributed by atoms with Crippen LogP contribution in [-0.4, -0.2) is 39.2 Å². The van der Waals surface area contributed by atoms with E-state index >= 15 is 0 Å². The monoisotopic (exact) mass is 580 g/mol. The number of rotatable bonds is 10. The molecule has 2 aromatic heterocycles. The van der Waals surface area contributed by atoms with Gasteiger partial charge in [0.2, 0.25) is 0 Å². The molecule has 0 aliphatic rings. The smallest absolute Gasteiger partial charge is 0.373 e. The number of hydrogen-bond acceptors (Lipinski definition) is 7. The number of carbonyl (C=O) groups is 1. The lowest BCUT2D eigenvalue weighted by atomic mass is 9.90. The molecule has 0 spiro atoms. The summed E-state index contributed by atoms with van der Waals surface area (Å²) in [4.78, 5) is 21.8. The van der Waals surface area contributed by atoms with Gasteiger partial charge in [-0.1, -0.05) is 13.0 Å². The van der Waals surface area contributed by atoms with E-state index in [9.17, 15) is 18.0 Å². The van der Waals surface area contributed by atoms with Gasteiger partial charge in [-0.25, -0.2) is 9.97 Å². The SMILES string of the molecule is CCCNC(C)(C)c1cc(C(=O)Nc2ccc(C)c(Nc3cc(C)nn3-c3cc(NC)ncn3)c2)cc(C(F)(F)F)c1. The van der Waals surface area contributed by atoms with Crippen molar-refractivity contribution in [3.05, 3.63) is 82.8 Å². The molecule has 4 rings (SSSR count). The second-order valence-electron chi connectivity index (χ2n) is 10.6. The summed E-state index contributed by atoms with van der Waals surface area (Å²) in [6.45, 7) is 9.94. The highest BCUT2D eigenvalue weighted by atomic mass is 19.4. The summed E-state index contributed by atoms with van der Waals surface area (Å²) in [5, 5.41) is 16.9. The molecule has 0 saturated carbocycles. The quantitative estimate of drug-likeness (QED) is 0.168. The standard InChI is InChI=1S/C30H35F3N8O/c1-7-10-37-29(4,5)21-12-20(13-22(14-21)30(31,32)33)28(42)38-23-9-8-18(2)24(15-23)39-27-11-19(3)40-41(27)26-16-25(34-6)35-17-36-26/h8-9,11-17,37,39H,7,10H2,1-6H3,(H,38,42)(H,34,35,36). The van der Waals surface area contributed by atoms with Crippen LogP contribution in [0.5, 0.6) is 0 Å². The van der Waals surface area contributed by atoms with Gasteiger partial charge in [-0.2, -0.15) is 23.0 Å². The molecule has 0 radical (unpaired) electrons. The molecular formula is C30H35F3N8O. The van der Waals surface area contributed by atoms with E-state index in [0.29, 0.717) is 40.9 Å². The van der Waals surface area contributed by atoms with Gasteiger partial charge in [0.05, 0.1) is 11.3 Å². The van der Waals surface area contributed by atoms with Crippen LogP contribution in [0, 0.1) is 13.8 Å². The van der Waals surface area contributed by atoms with E-state index in [2.05, 4.69) is 36.3 Å². The summed E-state index contributed by atoms with van der Waals surface area (Å²) in [5.41, 5.74) is 1.35. The normalized spacial score (nSPS) is 11.8. The third kappa shape index (κ3) is 7.06. The molecule has 0 bridgehead atoms. The molecule has 9 nitrogen and oxygen atoms in total. The Hall–Kier alpha value is -4.45. The predicted octanol–water partition coefficient (Wildman–Crippen LogP) is 6.57. The van der Waals surface area contributed by atoms with Gasteiger partial charge >= 0.3 is 6.18 Å². The van der Waals surface area contributed by atoms with Crippen molar-refractivity contribution in [2.24, 2.45) is 0 Å². The third-order valence-electron chi connectivity index (χ3n) is 6.78. The van der Waals surface area contributed by atoms with Gasteiger partial charge in [0.1, 0.15) is 18.0 Å². The van der Waals surface area contributed by atoms with Crippen LogP contribution in [-0.2, 0) is 11.7 Å². The van der Waals surface area contributed by atoms with Crippen LogP contribution < -0.4 is 21.3 Å². The van der Waals surface area contributed by atoms with Crippen molar-refractivity contribution in [1.82, 2.24) is 25.1 Å². The number of amides is 1. The van der Waals surface area contributed by atoms with Crippen LogP contribution in [0.2, 0.25) is 0 Å². The van der Waals surface area contributed by atoms with Crippen LogP contribution in [0.15, 0.2) is 54.9 Å². The van der Waals surface area contributed by atoms with Crippen LogP contribution in [0.1, 0.15) is 59.9 Å². The van der Waals surface area contributed by atoms with E-state index in [0.717, 1.165) is 29.8 Å². The van der Waals surface area contributed by atoms with Crippen LogP contribution >= 0.6 is 0 Å². The lowest BCUT2D eigenvalue weighted by Gasteiger charge is -2.28. The Morgan fingerprint density at radius 2 is 1.71 bits per heavy atom. The number of hydrogen-bond donors (Lipinski definition) is 4. The highest BCUT2D eigenvalue weighted by Gasteiger charge is 2.33. The molecule has 2 heterocycles. The number of aryl methyl sites for hydroxylation is 2. The summed E-state index contributed by atoms with van der Waals surface area (Å²) in [6, 6.07) is 12.3. The lowest BCUT2D eigenvalue weighted by molar-refractivity contribution is -0.137. The van der Waals surface area contributed by atoms with Crippen molar-refractivity contribution < 1.29 is 18.0 Å². The van der Waals surface area contributed by atoms with Gasteiger partial charge in [-0.3, -0.25) is 4.79 Å². The van der Waals surface area contributed by atoms with Gasteiger partial charge in [0, 0.05) is 41.7 Å². The zero-order valence-electron chi connectivity index (χ0n) is 24.4. The third-order valence-corrected chi connectivity index (χ3v) is 6.78. The molecule has 1 amide bonds. The maximum atomic E-state index is 13.8. The highest BCUT2D eigenvalue weighted by molar-refractivity contribution is 6.04. The largest absolute Gasteiger partial charge is 0.416 e. The van der Waals surface area contributed by atoms with Crippen molar-refractivity contribution in [3.63, 3.8) is 0 Å². The first kappa shape index (κ1) is 30.5. The van der Waals surface area contributed by atoms with Crippen molar-refractivity contribution in [2.75, 3.05) is 29.5 Å². The molecule has 12 heteroatoms. The first-order valence-electron chi connectivity index (χ1n) is 13.5. The Balaban J connectivity index is 1.63. The molecule has 2 aromatic carbocycles. The first-order valence-corrected chi connectivity index (χ1v) is 13.5. The number of anilines is 4. The van der Waals surface area contributed by atoms with E-state index in [1.54, 1.807) is 43.8 Å². The van der Waals surface area contributed by atoms with E-state index in [4.69, 9.17) is 0 Å². The molecule has 0 atom stereocenters. The van der Waals surface area contributed by atoms with Crippen LogP contribution in [0.25, 0.3) is 5.82 Å². The van der Waals surface area contributed by atoms with Gasteiger partial charge in [-0.05, 0) is 82.1 Å². The average molecular weight is 581 g/mol. The zero-order chi connectivity index (χ0) is 30.7. The minimum absolute atomic E-state index is 0.0842. The van der Waals surface area contributed by atoms with E-state index in [-0.39, 0.29) is 5.56 Å². The van der Waals surface area contributed by atoms with Crippen molar-refractivity contribution >= 4 is 28.9 Å². The second-order valence-corrected chi connectivity index (χ2v) is 10.6. The highest BCUT2D eigenvalue weighted by Crippen LogP contribution is 2.34. The molecule has 0 unspecified atom stereocenters. The number of carbonyl (C=O) groups excluding carboxylic acids is 1. The molecule has 222 valence electrons. The summed E-state index contributed by atoms with van der Waals surface area (Å²) in [5.74, 6) is 1.15. The van der Waals surface area contributed by atoms with E-state index < -0.39 is 23.2 Å². The zero-order valence-corrected chi connectivity index (χ0v) is 24.4. The molecular weight excluding hydrogens is 545 g/mol. The van der Waals surface area contributed by atoms with Gasteiger partial charge in [0.15, 0.2) is 5.82 Å². The summed E-state index contributed by atoms with van der Waals surface area (Å²) in [6.07, 6.45) is -2.36. The Morgan fingerprint density at radius 3 is 2.40 bits per heavy atom. The Bertz CT molecular complexity index is 1580. The molecule has 42 heavy (non-hydrogen) atoms. The number of alkyl halides is 3. The van der Waals surface area contributed by atoms with Gasteiger partial charge in [-0.15, -0.1) is 0 Å². The average Bonchev–Trinajstić information content (AvgIpc) is 3.32. The fourth-order valence-corrected chi connectivity index (χ4v) is 4.36. The van der Waals surface area contributed by atoms with Crippen LogP contribution in [0.4, 0.5) is 36.2 Å². The molecule has 0 saturated heterocycles. The van der Waals surface area contributed by atoms with Gasteiger partial charge in [0.25, 0.3) is 5.91 Å². The number of halogens is 3. The summed E-state index contributed by atoms with van der Waals surface area (Å²) in [7, 11) is 1.76. The van der Waals surface area contributed by atoms with Crippen LogP contribution in [0.3, 0.4) is 0 Å². The minimum atomic E-state index is -4.61. The van der Waals surface area contributed by atoms with E-state index in [1.807, 2.05) is 32.9 Å². The van der Waals surface area contributed by atoms with Crippen molar-refractivity contribution in [3.8, 4) is 5.82 Å². The molecule has 0 aliphatic carbocycles. The van der Waals surface area contributed by atoms with Gasteiger partial charge < -0.3 is 21.3 Å². The summed E-state index contributed by atoms with van der Waals surface area (Å²) < 4.78 is 43.0. The predicted molar refractivity (Wildman–Crippen MR) is 159 cm³/mol. The first-order chi connectivity index (χ1) is 19.8. The molecule has 0 fully saturated rings. The Kier molecular flexibility index (Phi) is 8.86. The Labute approximate surface area is 243 Å². The van der Waals surface area contributed by atoms with Crippen molar-refractivity contribution in [2.45, 2.75) is 52.8 Å². The number of benzene rings is 2. The minimum Gasteiger partial charge on any atom is -0.373 e. The maximum Gasteiger partial charge on any atom is 0.416 e. The van der Waals surface area contributed by atoms with Crippen molar-refractivity contribution in [1.29, 1.82) is 0 Å². The maximum absolute atomic E-state index is 13.8. The molecule has 4 aromatic rings. The van der Waals surface area contributed by atoms with E-state index in [1.165, 1.54) is 12.4 Å². The lowest BCUT2D eigenvalue weighted by Crippen LogP contribution is -2.37. The number of nitrogens with zero attached hydrogens (tertiary/aromatic N) is 4. The second kappa shape index (κ2) is 12.2.